The Hall–Kier alpha value is -2.95. The summed E-state index contributed by atoms with van der Waals surface area (Å²) >= 11 is 0. The lowest BCUT2D eigenvalue weighted by Crippen LogP contribution is -2.09. The van der Waals surface area contributed by atoms with Crippen LogP contribution < -0.4 is 10.1 Å². The summed E-state index contributed by atoms with van der Waals surface area (Å²) in [4.78, 5) is 34.1. The summed E-state index contributed by atoms with van der Waals surface area (Å²) < 4.78 is 5.22. The highest BCUT2D eigenvalue weighted by Crippen LogP contribution is 2.16. The van der Waals surface area contributed by atoms with Crippen molar-refractivity contribution in [3.05, 3.63) is 59.7 Å². The van der Waals surface area contributed by atoms with Gasteiger partial charge >= 0.3 is 5.97 Å². The molecule has 1 N–H and O–H groups in total. The van der Waals surface area contributed by atoms with E-state index in [0.717, 1.165) is 0 Å². The van der Waals surface area contributed by atoms with Gasteiger partial charge in [0, 0.05) is 18.2 Å². The summed E-state index contributed by atoms with van der Waals surface area (Å²) in [5, 5.41) is 2.61. The van der Waals surface area contributed by atoms with Crippen LogP contribution in [0.15, 0.2) is 48.5 Å². The Morgan fingerprint density at radius 2 is 1.36 bits per heavy atom. The van der Waals surface area contributed by atoms with Gasteiger partial charge in [-0.1, -0.05) is 0 Å². The van der Waals surface area contributed by atoms with Gasteiger partial charge in [0.25, 0.3) is 0 Å². The topological polar surface area (TPSA) is 72.5 Å². The molecule has 2 aromatic carbocycles. The first-order chi connectivity index (χ1) is 10.5. The van der Waals surface area contributed by atoms with Gasteiger partial charge in [-0.3, -0.25) is 9.59 Å². The van der Waals surface area contributed by atoms with E-state index in [1.165, 1.54) is 13.8 Å². The molecule has 1 amide bonds. The number of esters is 1. The number of amides is 1. The molecule has 5 heteroatoms. The first-order valence-corrected chi connectivity index (χ1v) is 6.66. The van der Waals surface area contributed by atoms with Crippen LogP contribution in [0.25, 0.3) is 0 Å². The number of hydrogen-bond acceptors (Lipinski definition) is 4. The number of ether oxygens (including phenoxy) is 1. The molecular weight excluding hydrogens is 282 g/mol. The van der Waals surface area contributed by atoms with Crippen LogP contribution in [-0.2, 0) is 4.79 Å². The first-order valence-electron chi connectivity index (χ1n) is 6.66. The molecule has 0 aliphatic carbocycles. The van der Waals surface area contributed by atoms with Crippen LogP contribution in [0.2, 0.25) is 0 Å². The molecule has 22 heavy (non-hydrogen) atoms. The zero-order valence-corrected chi connectivity index (χ0v) is 12.3. The molecule has 0 aromatic heterocycles. The van der Waals surface area contributed by atoms with Crippen LogP contribution in [0.5, 0.6) is 5.75 Å². The molecule has 0 fully saturated rings. The second-order valence-corrected chi connectivity index (χ2v) is 4.73. The molecule has 0 spiro atoms. The van der Waals surface area contributed by atoms with Crippen LogP contribution >= 0.6 is 0 Å². The Balaban J connectivity index is 2.05. The maximum absolute atomic E-state index is 12.0. The lowest BCUT2D eigenvalue weighted by Gasteiger charge is -2.06. The van der Waals surface area contributed by atoms with Gasteiger partial charge in [0.05, 0.1) is 5.56 Å². The van der Waals surface area contributed by atoms with Crippen LogP contribution in [-0.4, -0.2) is 17.7 Å². The number of rotatable bonds is 4. The second kappa shape index (κ2) is 6.67. The van der Waals surface area contributed by atoms with Gasteiger partial charge in [0.1, 0.15) is 5.75 Å². The summed E-state index contributed by atoms with van der Waals surface area (Å²) in [5.41, 5.74) is 1.53. The fraction of sp³-hybridized carbons (Fsp3) is 0.118. The van der Waals surface area contributed by atoms with Crippen molar-refractivity contribution < 1.29 is 19.1 Å². The van der Waals surface area contributed by atoms with Crippen LogP contribution in [0.1, 0.15) is 34.6 Å². The lowest BCUT2D eigenvalue weighted by molar-refractivity contribution is -0.114. The van der Waals surface area contributed by atoms with Gasteiger partial charge < -0.3 is 10.1 Å². The average molecular weight is 297 g/mol. The van der Waals surface area contributed by atoms with Gasteiger partial charge in [-0.05, 0) is 55.5 Å². The Bertz CT molecular complexity index is 702. The van der Waals surface area contributed by atoms with Crippen LogP contribution in [0, 0.1) is 0 Å². The van der Waals surface area contributed by atoms with E-state index in [1.54, 1.807) is 48.5 Å². The molecular formula is C17H15NO4. The van der Waals surface area contributed by atoms with Crippen molar-refractivity contribution in [3.63, 3.8) is 0 Å². The molecule has 112 valence electrons. The van der Waals surface area contributed by atoms with E-state index in [2.05, 4.69) is 5.32 Å². The zero-order valence-electron chi connectivity index (χ0n) is 12.3. The molecule has 0 unspecified atom stereocenters. The monoisotopic (exact) mass is 297 g/mol. The third-order valence-electron chi connectivity index (χ3n) is 2.91. The molecule has 0 aliphatic heterocycles. The summed E-state index contributed by atoms with van der Waals surface area (Å²) in [6.07, 6.45) is 0. The van der Waals surface area contributed by atoms with Crippen molar-refractivity contribution in [2.45, 2.75) is 13.8 Å². The Morgan fingerprint density at radius 1 is 0.818 bits per heavy atom. The SMILES string of the molecule is CC(=O)Nc1ccc(C(=O)Oc2ccc(C(C)=O)cc2)cc1. The number of Topliss-reactive ketones (excluding diaryl/α,β-unsaturated/α-hetero) is 1. The second-order valence-electron chi connectivity index (χ2n) is 4.73. The van der Waals surface area contributed by atoms with E-state index in [0.29, 0.717) is 22.6 Å². The van der Waals surface area contributed by atoms with Gasteiger partial charge in [-0.25, -0.2) is 4.79 Å². The number of anilines is 1. The molecule has 0 heterocycles. The minimum Gasteiger partial charge on any atom is -0.423 e. The fourth-order valence-electron chi connectivity index (χ4n) is 1.82. The van der Waals surface area contributed by atoms with E-state index < -0.39 is 5.97 Å². The predicted octanol–water partition coefficient (Wildman–Crippen LogP) is 3.07. The molecule has 0 radical (unpaired) electrons. The van der Waals surface area contributed by atoms with Gasteiger partial charge in [-0.2, -0.15) is 0 Å². The standard InChI is InChI=1S/C17H15NO4/c1-11(19)13-5-9-16(10-6-13)22-17(21)14-3-7-15(8-4-14)18-12(2)20/h3-10H,1-2H3,(H,18,20). The maximum atomic E-state index is 12.0. The van der Waals surface area contributed by atoms with Crippen molar-refractivity contribution >= 4 is 23.3 Å². The normalized spacial score (nSPS) is 9.91. The summed E-state index contributed by atoms with van der Waals surface area (Å²) in [6.45, 7) is 2.88. The van der Waals surface area contributed by atoms with E-state index in [9.17, 15) is 14.4 Å². The number of carbonyl (C=O) groups is 3. The lowest BCUT2D eigenvalue weighted by atomic mass is 10.1. The number of ketones is 1. The number of benzene rings is 2. The molecule has 5 nitrogen and oxygen atoms in total. The highest BCUT2D eigenvalue weighted by molar-refractivity contribution is 5.95. The third-order valence-corrected chi connectivity index (χ3v) is 2.91. The van der Waals surface area contributed by atoms with Crippen molar-refractivity contribution in [2.75, 3.05) is 5.32 Å². The molecule has 0 saturated carbocycles. The number of carbonyl (C=O) groups excluding carboxylic acids is 3. The Labute approximate surface area is 127 Å². The molecule has 2 aromatic rings. The van der Waals surface area contributed by atoms with Crippen molar-refractivity contribution in [1.29, 1.82) is 0 Å². The number of hydrogen-bond donors (Lipinski definition) is 1. The summed E-state index contributed by atoms with van der Waals surface area (Å²) in [6, 6.07) is 12.7. The molecule has 0 saturated heterocycles. The Kier molecular flexibility index (Phi) is 4.68. The smallest absolute Gasteiger partial charge is 0.343 e. The van der Waals surface area contributed by atoms with E-state index in [1.807, 2.05) is 0 Å². The largest absolute Gasteiger partial charge is 0.423 e. The van der Waals surface area contributed by atoms with E-state index in [4.69, 9.17) is 4.74 Å². The van der Waals surface area contributed by atoms with Crippen LogP contribution in [0.4, 0.5) is 5.69 Å². The average Bonchev–Trinajstić information content (AvgIpc) is 2.48. The van der Waals surface area contributed by atoms with Crippen molar-refractivity contribution in [2.24, 2.45) is 0 Å². The summed E-state index contributed by atoms with van der Waals surface area (Å²) in [7, 11) is 0. The maximum Gasteiger partial charge on any atom is 0.343 e. The first kappa shape index (κ1) is 15.4. The highest BCUT2D eigenvalue weighted by atomic mass is 16.5. The van der Waals surface area contributed by atoms with Gasteiger partial charge in [0.2, 0.25) is 5.91 Å². The Morgan fingerprint density at radius 3 is 1.86 bits per heavy atom. The molecule has 2 rings (SSSR count). The predicted molar refractivity (Wildman–Crippen MR) is 82.2 cm³/mol. The highest BCUT2D eigenvalue weighted by Gasteiger charge is 2.09. The van der Waals surface area contributed by atoms with Crippen molar-refractivity contribution in [3.8, 4) is 5.75 Å². The van der Waals surface area contributed by atoms with E-state index in [-0.39, 0.29) is 11.7 Å². The van der Waals surface area contributed by atoms with Crippen molar-refractivity contribution in [1.82, 2.24) is 0 Å². The minimum absolute atomic E-state index is 0.0496. The quantitative estimate of drug-likeness (QED) is 0.535. The minimum atomic E-state index is -0.509. The fourth-order valence-corrected chi connectivity index (χ4v) is 1.82. The van der Waals surface area contributed by atoms with Gasteiger partial charge in [-0.15, -0.1) is 0 Å². The molecule has 0 bridgehead atoms. The van der Waals surface area contributed by atoms with Crippen LogP contribution in [0.3, 0.4) is 0 Å². The molecule has 0 aliphatic rings. The van der Waals surface area contributed by atoms with Gasteiger partial charge in [0.15, 0.2) is 5.78 Å². The summed E-state index contributed by atoms with van der Waals surface area (Å²) in [5.74, 6) is -0.377. The zero-order chi connectivity index (χ0) is 16.1. The number of nitrogens with one attached hydrogen (secondary N) is 1. The third kappa shape index (κ3) is 4.02. The van der Waals surface area contributed by atoms with E-state index >= 15 is 0 Å². The molecule has 0 atom stereocenters.